The molecule has 108 valence electrons. The lowest BCUT2D eigenvalue weighted by atomic mass is 10.1. The summed E-state index contributed by atoms with van der Waals surface area (Å²) in [5.41, 5.74) is 1.75. The summed E-state index contributed by atoms with van der Waals surface area (Å²) in [5.74, 6) is 0.336. The van der Waals surface area contributed by atoms with Crippen LogP contribution in [-0.2, 0) is 0 Å². The molecule has 0 saturated carbocycles. The molecule has 0 radical (unpaired) electrons. The Morgan fingerprint density at radius 1 is 1.24 bits per heavy atom. The first-order valence-corrected chi connectivity index (χ1v) is 6.72. The van der Waals surface area contributed by atoms with Gasteiger partial charge in [0.25, 0.3) is 0 Å². The van der Waals surface area contributed by atoms with Crippen molar-refractivity contribution in [3.8, 4) is 5.75 Å². The number of aromatic nitrogens is 4. The summed E-state index contributed by atoms with van der Waals surface area (Å²) in [6, 6.07) is 5.68. The van der Waals surface area contributed by atoms with Crippen LogP contribution in [0.4, 0.5) is 0 Å². The fourth-order valence-electron chi connectivity index (χ4n) is 2.34. The monoisotopic (exact) mass is 284 g/mol. The average molecular weight is 284 g/mol. The van der Waals surface area contributed by atoms with E-state index in [9.17, 15) is 4.79 Å². The molecule has 0 unspecified atom stereocenters. The van der Waals surface area contributed by atoms with Crippen molar-refractivity contribution in [3.63, 3.8) is 0 Å². The Hall–Kier alpha value is -2.63. The summed E-state index contributed by atoms with van der Waals surface area (Å²) in [7, 11) is 1.54. The molecular weight excluding hydrogens is 268 g/mol. The average Bonchev–Trinajstić information content (AvgIpc) is 3.10. The van der Waals surface area contributed by atoms with Gasteiger partial charge in [0, 0.05) is 12.2 Å². The number of nitrogens with zero attached hydrogens (tertiary/aromatic N) is 4. The zero-order valence-corrected chi connectivity index (χ0v) is 12.1. The highest BCUT2D eigenvalue weighted by atomic mass is 16.5. The lowest BCUT2D eigenvalue weighted by Crippen LogP contribution is -2.14. The molecule has 0 bridgehead atoms. The van der Waals surface area contributed by atoms with E-state index in [0.29, 0.717) is 17.0 Å². The molecule has 6 heteroatoms. The molecule has 0 fully saturated rings. The SMILES string of the molecule is COc1cnn(C(C)C)c1C(=O)c1cnn2ccccc12. The van der Waals surface area contributed by atoms with E-state index < -0.39 is 0 Å². The van der Waals surface area contributed by atoms with Gasteiger partial charge in [0.2, 0.25) is 5.78 Å². The first-order valence-electron chi connectivity index (χ1n) is 6.72. The second-order valence-electron chi connectivity index (χ2n) is 5.02. The third kappa shape index (κ3) is 2.08. The fourth-order valence-corrected chi connectivity index (χ4v) is 2.34. The predicted octanol–water partition coefficient (Wildman–Crippen LogP) is 2.35. The highest BCUT2D eigenvalue weighted by molar-refractivity contribution is 6.13. The Balaban J connectivity index is 2.16. The summed E-state index contributed by atoms with van der Waals surface area (Å²) < 4.78 is 8.63. The van der Waals surface area contributed by atoms with Gasteiger partial charge in [-0.1, -0.05) is 6.07 Å². The molecule has 0 aliphatic carbocycles. The van der Waals surface area contributed by atoms with Crippen molar-refractivity contribution in [2.24, 2.45) is 0 Å². The summed E-state index contributed by atoms with van der Waals surface area (Å²) in [4.78, 5) is 12.9. The number of fused-ring (bicyclic) bond motifs is 1. The molecule has 3 rings (SSSR count). The van der Waals surface area contributed by atoms with Gasteiger partial charge >= 0.3 is 0 Å². The van der Waals surface area contributed by atoms with Crippen molar-refractivity contribution in [2.75, 3.05) is 7.11 Å². The van der Waals surface area contributed by atoms with Gasteiger partial charge in [-0.3, -0.25) is 9.48 Å². The van der Waals surface area contributed by atoms with E-state index in [2.05, 4.69) is 10.2 Å². The number of hydrogen-bond donors (Lipinski definition) is 0. The molecule has 3 heterocycles. The van der Waals surface area contributed by atoms with Gasteiger partial charge in [-0.2, -0.15) is 10.2 Å². The maximum absolute atomic E-state index is 12.9. The van der Waals surface area contributed by atoms with Gasteiger partial charge in [-0.15, -0.1) is 0 Å². The van der Waals surface area contributed by atoms with E-state index in [0.717, 1.165) is 5.52 Å². The first kappa shape index (κ1) is 13.4. The molecule has 3 aromatic heterocycles. The van der Waals surface area contributed by atoms with Crippen LogP contribution in [0.25, 0.3) is 5.52 Å². The Morgan fingerprint density at radius 3 is 2.76 bits per heavy atom. The molecule has 0 spiro atoms. The maximum atomic E-state index is 12.9. The molecule has 0 atom stereocenters. The topological polar surface area (TPSA) is 61.4 Å². The van der Waals surface area contributed by atoms with E-state index >= 15 is 0 Å². The standard InChI is InChI=1S/C15H16N4O2/c1-10(2)19-14(13(21-3)9-17-19)15(20)11-8-16-18-7-5-4-6-12(11)18/h4-10H,1-3H3. The van der Waals surface area contributed by atoms with Gasteiger partial charge in [0.15, 0.2) is 11.4 Å². The van der Waals surface area contributed by atoms with Crippen molar-refractivity contribution >= 4 is 11.3 Å². The Bertz CT molecular complexity index is 801. The Morgan fingerprint density at radius 2 is 2.05 bits per heavy atom. The quantitative estimate of drug-likeness (QED) is 0.690. The van der Waals surface area contributed by atoms with E-state index in [-0.39, 0.29) is 11.8 Å². The number of hydrogen-bond acceptors (Lipinski definition) is 4. The van der Waals surface area contributed by atoms with Crippen LogP contribution in [0.3, 0.4) is 0 Å². The molecule has 0 aliphatic heterocycles. The van der Waals surface area contributed by atoms with E-state index in [4.69, 9.17) is 4.74 Å². The molecule has 0 aliphatic rings. The second-order valence-corrected chi connectivity index (χ2v) is 5.02. The van der Waals surface area contributed by atoms with Gasteiger partial charge in [0.05, 0.1) is 30.6 Å². The van der Waals surface area contributed by atoms with Crippen molar-refractivity contribution in [2.45, 2.75) is 19.9 Å². The minimum Gasteiger partial charge on any atom is -0.493 e. The molecular formula is C15H16N4O2. The van der Waals surface area contributed by atoms with Crippen LogP contribution in [0, 0.1) is 0 Å². The minimum absolute atomic E-state index is 0.0645. The van der Waals surface area contributed by atoms with Crippen LogP contribution in [0.5, 0.6) is 5.75 Å². The van der Waals surface area contributed by atoms with Crippen LogP contribution >= 0.6 is 0 Å². The van der Waals surface area contributed by atoms with Crippen molar-refractivity contribution < 1.29 is 9.53 Å². The lowest BCUT2D eigenvalue weighted by Gasteiger charge is -2.10. The largest absolute Gasteiger partial charge is 0.493 e. The van der Waals surface area contributed by atoms with Crippen LogP contribution in [-0.4, -0.2) is 32.3 Å². The van der Waals surface area contributed by atoms with Crippen molar-refractivity contribution in [3.05, 3.63) is 48.0 Å². The number of pyridine rings is 1. The van der Waals surface area contributed by atoms with Gasteiger partial charge in [0.1, 0.15) is 0 Å². The second kappa shape index (κ2) is 5.05. The highest BCUT2D eigenvalue weighted by Gasteiger charge is 2.24. The van der Waals surface area contributed by atoms with Crippen LogP contribution in [0.2, 0.25) is 0 Å². The van der Waals surface area contributed by atoms with Gasteiger partial charge < -0.3 is 4.74 Å². The number of ketones is 1. The number of methoxy groups -OCH3 is 1. The minimum atomic E-state index is -0.140. The zero-order valence-electron chi connectivity index (χ0n) is 12.1. The third-order valence-corrected chi connectivity index (χ3v) is 3.36. The molecule has 0 saturated heterocycles. The third-order valence-electron chi connectivity index (χ3n) is 3.36. The predicted molar refractivity (Wildman–Crippen MR) is 77.8 cm³/mol. The van der Waals surface area contributed by atoms with Crippen LogP contribution < -0.4 is 4.74 Å². The zero-order chi connectivity index (χ0) is 15.0. The normalized spacial score (nSPS) is 11.2. The maximum Gasteiger partial charge on any atom is 0.218 e. The molecule has 6 nitrogen and oxygen atoms in total. The van der Waals surface area contributed by atoms with E-state index in [1.54, 1.807) is 21.6 Å². The van der Waals surface area contributed by atoms with Gasteiger partial charge in [-0.05, 0) is 26.0 Å². The Kier molecular flexibility index (Phi) is 3.21. The fraction of sp³-hybridized carbons (Fsp3) is 0.267. The number of ether oxygens (including phenoxy) is 1. The number of rotatable bonds is 4. The number of carbonyl (C=O) groups is 1. The summed E-state index contributed by atoms with van der Waals surface area (Å²) in [6.45, 7) is 3.94. The molecule has 0 aromatic carbocycles. The highest BCUT2D eigenvalue weighted by Crippen LogP contribution is 2.25. The van der Waals surface area contributed by atoms with Crippen LogP contribution in [0.15, 0.2) is 36.8 Å². The molecule has 21 heavy (non-hydrogen) atoms. The van der Waals surface area contributed by atoms with E-state index in [1.807, 2.05) is 38.2 Å². The van der Waals surface area contributed by atoms with E-state index in [1.165, 1.54) is 7.11 Å². The van der Waals surface area contributed by atoms with Crippen molar-refractivity contribution in [1.29, 1.82) is 0 Å². The van der Waals surface area contributed by atoms with Crippen molar-refractivity contribution in [1.82, 2.24) is 19.4 Å². The Labute approximate surface area is 122 Å². The van der Waals surface area contributed by atoms with Gasteiger partial charge in [-0.25, -0.2) is 4.52 Å². The molecule has 0 N–H and O–H groups in total. The smallest absolute Gasteiger partial charge is 0.218 e. The first-order chi connectivity index (χ1) is 10.1. The molecule has 0 amide bonds. The lowest BCUT2D eigenvalue weighted by molar-refractivity contribution is 0.102. The summed E-state index contributed by atoms with van der Waals surface area (Å²) >= 11 is 0. The summed E-state index contributed by atoms with van der Waals surface area (Å²) in [6.07, 6.45) is 4.96. The molecule has 3 aromatic rings. The number of carbonyl (C=O) groups excluding carboxylic acids is 1. The summed E-state index contributed by atoms with van der Waals surface area (Å²) in [5, 5.41) is 8.45. The van der Waals surface area contributed by atoms with Crippen LogP contribution in [0.1, 0.15) is 35.9 Å².